The first-order valence-corrected chi connectivity index (χ1v) is 26.5. The number of nitrogens with one attached hydrogen (secondary N) is 2. The van der Waals surface area contributed by atoms with Crippen molar-refractivity contribution in [3.63, 3.8) is 0 Å². The van der Waals surface area contributed by atoms with Crippen molar-refractivity contribution < 1.29 is 18.0 Å². The molecule has 2 aromatic heterocycles. The third kappa shape index (κ3) is 7.33. The minimum Gasteiger partial charge on any atom is -0.414 e. The second kappa shape index (κ2) is 12.5. The summed E-state index contributed by atoms with van der Waals surface area (Å²) >= 11 is 0. The topological polar surface area (TPSA) is 105 Å². The van der Waals surface area contributed by atoms with Crippen LogP contribution in [-0.4, -0.2) is 87.5 Å². The minimum atomic E-state index is -2.28. The van der Waals surface area contributed by atoms with E-state index in [1.54, 1.807) is 6.33 Å². The van der Waals surface area contributed by atoms with Gasteiger partial charge in [0.1, 0.15) is 24.6 Å². The predicted molar refractivity (Wildman–Crippen MR) is 198 cm³/mol. The smallest absolute Gasteiger partial charge is 0.192 e. The molecular weight excluding hydrogens is 641 g/mol. The van der Waals surface area contributed by atoms with E-state index >= 15 is 0 Å². The molecule has 2 bridgehead atoms. The molecule has 3 aliphatic heterocycles. The van der Waals surface area contributed by atoms with Crippen molar-refractivity contribution in [1.29, 1.82) is 0 Å². The zero-order valence-corrected chi connectivity index (χ0v) is 34.9. The van der Waals surface area contributed by atoms with Gasteiger partial charge in [-0.25, -0.2) is 15.0 Å². The molecule has 7 atom stereocenters. The zero-order chi connectivity index (χ0) is 35.0. The van der Waals surface area contributed by atoms with E-state index in [-0.39, 0.29) is 33.4 Å². The average molecular weight is 705 g/mol. The molecule has 0 aromatic carbocycles. The number of hydrogen-bond acceptors (Lipinski definition) is 9. The van der Waals surface area contributed by atoms with Gasteiger partial charge in [0.25, 0.3) is 0 Å². The van der Waals surface area contributed by atoms with Gasteiger partial charge in [0, 0.05) is 18.1 Å². The Hall–Kier alpha value is -1.20. The number of hydrogen-bond donors (Lipinski definition) is 2. The first kappa shape index (κ1) is 37.1. The van der Waals surface area contributed by atoms with E-state index in [0.29, 0.717) is 24.7 Å². The number of rotatable bonds is 10. The molecule has 3 aliphatic rings. The van der Waals surface area contributed by atoms with Crippen molar-refractivity contribution in [3.05, 3.63) is 12.7 Å². The molecule has 10 nitrogen and oxygen atoms in total. The van der Waals surface area contributed by atoms with Crippen LogP contribution in [0.4, 0.5) is 5.82 Å². The lowest BCUT2D eigenvalue weighted by molar-refractivity contribution is -0.0470. The molecule has 0 saturated carbocycles. The van der Waals surface area contributed by atoms with Gasteiger partial charge in [-0.2, -0.15) is 0 Å². The predicted octanol–water partition coefficient (Wildman–Crippen LogP) is 7.83. The molecule has 5 rings (SSSR count). The summed E-state index contributed by atoms with van der Waals surface area (Å²) in [5, 5.41) is 7.53. The highest BCUT2D eigenvalue weighted by Gasteiger charge is 2.55. The number of fused-ring (bicyclic) bond motifs is 3. The second-order valence-electron chi connectivity index (χ2n) is 18.9. The van der Waals surface area contributed by atoms with Crippen LogP contribution in [0.15, 0.2) is 12.7 Å². The van der Waals surface area contributed by atoms with Crippen LogP contribution in [0.25, 0.3) is 11.2 Å². The second-order valence-corrected chi connectivity index (χ2v) is 33.2. The maximum absolute atomic E-state index is 7.37. The minimum absolute atomic E-state index is 0.000232. The van der Waals surface area contributed by atoms with Gasteiger partial charge in [0.05, 0.1) is 12.9 Å². The average Bonchev–Trinajstić information content (AvgIpc) is 3.70. The third-order valence-electron chi connectivity index (χ3n) is 12.4. The van der Waals surface area contributed by atoms with Gasteiger partial charge in [-0.05, 0) is 73.7 Å². The van der Waals surface area contributed by atoms with Gasteiger partial charge >= 0.3 is 0 Å². The fraction of sp³-hybridized carbons (Fsp3) is 0.853. The summed E-state index contributed by atoms with van der Waals surface area (Å²) in [5.74, 6) is 0.778. The van der Waals surface area contributed by atoms with Crippen LogP contribution in [0, 0.1) is 0 Å². The molecular formula is C34H64N6O4Si3. The first-order valence-electron chi connectivity index (χ1n) is 17.8. The monoisotopic (exact) mass is 704 g/mol. The number of imidazole rings is 1. The van der Waals surface area contributed by atoms with Crippen molar-refractivity contribution in [2.24, 2.45) is 0 Å². The normalized spacial score (nSPS) is 29.3. The van der Waals surface area contributed by atoms with Crippen molar-refractivity contribution in [3.8, 4) is 0 Å². The molecule has 47 heavy (non-hydrogen) atoms. The van der Waals surface area contributed by atoms with E-state index in [1.807, 2.05) is 6.33 Å². The van der Waals surface area contributed by atoms with Crippen LogP contribution >= 0.6 is 0 Å². The number of anilines is 1. The van der Waals surface area contributed by atoms with Gasteiger partial charge in [0.15, 0.2) is 48.2 Å². The summed E-state index contributed by atoms with van der Waals surface area (Å²) in [6.45, 7) is 34.9. The molecule has 5 heterocycles. The zero-order valence-electron chi connectivity index (χ0n) is 31.9. The van der Waals surface area contributed by atoms with Crippen LogP contribution in [0.5, 0.6) is 0 Å². The lowest BCUT2D eigenvalue weighted by atomic mass is 9.95. The van der Waals surface area contributed by atoms with Gasteiger partial charge in [-0.3, -0.25) is 4.57 Å². The van der Waals surface area contributed by atoms with Crippen LogP contribution in [0.2, 0.25) is 54.4 Å². The van der Waals surface area contributed by atoms with Crippen LogP contribution in [0.1, 0.15) is 87.8 Å². The Morgan fingerprint density at radius 2 is 1.43 bits per heavy atom. The van der Waals surface area contributed by atoms with E-state index < -0.39 is 31.2 Å². The first-order chi connectivity index (χ1) is 21.4. The molecule has 0 aliphatic carbocycles. The Balaban J connectivity index is 1.55. The lowest BCUT2D eigenvalue weighted by Gasteiger charge is -2.44. The van der Waals surface area contributed by atoms with Crippen molar-refractivity contribution >= 4 is 41.9 Å². The van der Waals surface area contributed by atoms with Crippen LogP contribution in [0.3, 0.4) is 0 Å². The number of aromatic nitrogens is 4. The summed E-state index contributed by atoms with van der Waals surface area (Å²) in [6, 6.07) is 1.41. The van der Waals surface area contributed by atoms with E-state index in [1.165, 1.54) is 12.8 Å². The third-order valence-corrected chi connectivity index (χ3v) is 25.9. The van der Waals surface area contributed by atoms with E-state index in [2.05, 4.69) is 122 Å². The fourth-order valence-corrected chi connectivity index (χ4v) is 9.80. The van der Waals surface area contributed by atoms with Gasteiger partial charge < -0.3 is 28.6 Å². The Kier molecular flexibility index (Phi) is 9.89. The lowest BCUT2D eigenvalue weighted by Crippen LogP contribution is -2.54. The van der Waals surface area contributed by atoms with Gasteiger partial charge in [0.2, 0.25) is 0 Å². The quantitative estimate of drug-likeness (QED) is 0.240. The van der Waals surface area contributed by atoms with E-state index in [0.717, 1.165) is 23.4 Å². The van der Waals surface area contributed by atoms with Crippen molar-refractivity contribution in [1.82, 2.24) is 24.8 Å². The Morgan fingerprint density at radius 3 is 1.96 bits per heavy atom. The summed E-state index contributed by atoms with van der Waals surface area (Å²) in [4.78, 5) is 14.3. The molecule has 3 saturated heterocycles. The molecule has 0 spiro atoms. The molecule has 266 valence electrons. The maximum Gasteiger partial charge on any atom is 0.192 e. The standard InChI is InChI=1S/C34H64N6O4Si3/c1-32(2,3)45(10,11)41-19-25-27(43-46(12,13)33(4,5)6)28(44-47(14,15)34(7,8)9)31(42-25)40-21-37-26-29(35-20-36-30(26)40)39-24-18-22-16-17-23(24)38-22/h20-25,27-28,31,38H,16-19H2,1-15H3,(H,35,36,39)/t22?,23?,24?,25-,27-,28-,31-/m1/s1. The maximum atomic E-state index is 7.37. The Labute approximate surface area is 287 Å². The van der Waals surface area contributed by atoms with Gasteiger partial charge in [-0.1, -0.05) is 62.3 Å². The number of nitrogens with zero attached hydrogens (tertiary/aromatic N) is 4. The summed E-state index contributed by atoms with van der Waals surface area (Å²) in [6.07, 6.45) is 5.59. The Bertz CT molecular complexity index is 1410. The van der Waals surface area contributed by atoms with Crippen molar-refractivity contribution in [2.45, 2.75) is 179 Å². The summed E-state index contributed by atoms with van der Waals surface area (Å²) in [5.41, 5.74) is 1.50. The van der Waals surface area contributed by atoms with Crippen LogP contribution in [-0.2, 0) is 18.0 Å². The highest BCUT2D eigenvalue weighted by atomic mass is 28.4. The van der Waals surface area contributed by atoms with E-state index in [9.17, 15) is 0 Å². The largest absolute Gasteiger partial charge is 0.414 e. The summed E-state index contributed by atoms with van der Waals surface area (Å²) in [7, 11) is -6.59. The van der Waals surface area contributed by atoms with Crippen molar-refractivity contribution in [2.75, 3.05) is 11.9 Å². The SMILES string of the molecule is CC(C)(C)[Si](C)(C)OC[C@H]1O[C@@H](n2cnc3c(NC4CC5CCC4N5)ncnc32)[C@H](O[Si](C)(C)C(C)(C)C)[C@@H]1O[Si](C)(C)C(C)(C)C. The van der Waals surface area contributed by atoms with E-state index in [4.69, 9.17) is 28.0 Å². The molecule has 0 radical (unpaired) electrons. The highest BCUT2D eigenvalue weighted by molar-refractivity contribution is 6.75. The highest BCUT2D eigenvalue weighted by Crippen LogP contribution is 2.47. The molecule has 2 N–H and O–H groups in total. The van der Waals surface area contributed by atoms with Crippen LogP contribution < -0.4 is 10.6 Å². The molecule has 13 heteroatoms. The molecule has 3 fully saturated rings. The summed E-state index contributed by atoms with van der Waals surface area (Å²) < 4.78 is 30.7. The fourth-order valence-electron chi connectivity index (χ4n) is 6.18. The Morgan fingerprint density at radius 1 is 0.830 bits per heavy atom. The molecule has 0 amide bonds. The molecule has 3 unspecified atom stereocenters. The molecule has 2 aromatic rings. The van der Waals surface area contributed by atoms with Gasteiger partial charge in [-0.15, -0.1) is 0 Å². The number of ether oxygens (including phenoxy) is 1.